The van der Waals surface area contributed by atoms with Crippen LogP contribution in [0.2, 0.25) is 5.02 Å². The summed E-state index contributed by atoms with van der Waals surface area (Å²) < 4.78 is 0. The fraction of sp³-hybridized carbons (Fsp3) is 0. The third-order valence-corrected chi connectivity index (χ3v) is 3.08. The summed E-state index contributed by atoms with van der Waals surface area (Å²) in [5.74, 6) is 0.730. The van der Waals surface area contributed by atoms with E-state index in [1.807, 2.05) is 60.7 Å². The van der Waals surface area contributed by atoms with E-state index in [4.69, 9.17) is 11.6 Å². The number of aromatic nitrogens is 2. The van der Waals surface area contributed by atoms with Crippen molar-refractivity contribution in [3.8, 4) is 22.6 Å². The average Bonchev–Trinajstić information content (AvgIpc) is 2.49. The summed E-state index contributed by atoms with van der Waals surface area (Å²) in [5, 5.41) is 0.723. The summed E-state index contributed by atoms with van der Waals surface area (Å²) in [4.78, 5) is 8.90. The Bertz CT molecular complexity index is 679. The third kappa shape index (κ3) is 2.64. The first kappa shape index (κ1) is 11.9. The van der Waals surface area contributed by atoms with Crippen LogP contribution in [0.15, 0.2) is 66.9 Å². The van der Waals surface area contributed by atoms with Crippen molar-refractivity contribution < 1.29 is 0 Å². The predicted molar refractivity (Wildman–Crippen MR) is 77.9 cm³/mol. The van der Waals surface area contributed by atoms with Crippen molar-refractivity contribution in [2.45, 2.75) is 0 Å². The second kappa shape index (κ2) is 5.21. The Morgan fingerprint density at radius 2 is 1.47 bits per heavy atom. The van der Waals surface area contributed by atoms with Crippen molar-refractivity contribution in [2.24, 2.45) is 0 Å². The number of nitrogens with zero attached hydrogens (tertiary/aromatic N) is 2. The van der Waals surface area contributed by atoms with Gasteiger partial charge in [-0.2, -0.15) is 0 Å². The second-order valence-corrected chi connectivity index (χ2v) is 4.57. The van der Waals surface area contributed by atoms with Crippen molar-refractivity contribution in [3.63, 3.8) is 0 Å². The Morgan fingerprint density at radius 3 is 2.21 bits per heavy atom. The number of halogens is 1. The van der Waals surface area contributed by atoms with E-state index in [0.29, 0.717) is 0 Å². The largest absolute Gasteiger partial charge is 0.237 e. The maximum absolute atomic E-state index is 5.89. The molecule has 2 nitrogen and oxygen atoms in total. The summed E-state index contributed by atoms with van der Waals surface area (Å²) in [5.41, 5.74) is 2.94. The Balaban J connectivity index is 2.03. The molecular weight excluding hydrogens is 256 g/mol. The topological polar surface area (TPSA) is 25.8 Å². The van der Waals surface area contributed by atoms with Gasteiger partial charge in [-0.15, -0.1) is 0 Å². The van der Waals surface area contributed by atoms with Crippen LogP contribution in [0.5, 0.6) is 0 Å². The molecule has 0 fully saturated rings. The zero-order chi connectivity index (χ0) is 13.1. The molecule has 0 aliphatic rings. The second-order valence-electron chi connectivity index (χ2n) is 4.14. The minimum absolute atomic E-state index is 0.723. The predicted octanol–water partition coefficient (Wildman–Crippen LogP) is 4.46. The number of rotatable bonds is 2. The molecule has 19 heavy (non-hydrogen) atoms. The normalized spacial score (nSPS) is 10.4. The maximum Gasteiger partial charge on any atom is 0.159 e. The standard InChI is InChI=1S/C16H11ClN2/c17-14-8-6-12(7-9-14)15-10-11-18-16(19-15)13-4-2-1-3-5-13/h1-11H. The molecule has 0 amide bonds. The lowest BCUT2D eigenvalue weighted by atomic mass is 10.1. The first-order valence-corrected chi connectivity index (χ1v) is 6.35. The van der Waals surface area contributed by atoms with Crippen LogP contribution in [0.3, 0.4) is 0 Å². The highest BCUT2D eigenvalue weighted by Gasteiger charge is 2.04. The molecule has 3 heteroatoms. The molecule has 0 saturated carbocycles. The number of benzene rings is 2. The highest BCUT2D eigenvalue weighted by Crippen LogP contribution is 2.22. The van der Waals surface area contributed by atoms with Gasteiger partial charge in [-0.25, -0.2) is 9.97 Å². The number of hydrogen-bond acceptors (Lipinski definition) is 2. The van der Waals surface area contributed by atoms with Gasteiger partial charge < -0.3 is 0 Å². The van der Waals surface area contributed by atoms with Crippen LogP contribution in [0.1, 0.15) is 0 Å². The van der Waals surface area contributed by atoms with E-state index in [9.17, 15) is 0 Å². The van der Waals surface area contributed by atoms with E-state index >= 15 is 0 Å². The Hall–Kier alpha value is -2.19. The molecule has 0 unspecified atom stereocenters. The van der Waals surface area contributed by atoms with E-state index in [2.05, 4.69) is 9.97 Å². The molecule has 92 valence electrons. The van der Waals surface area contributed by atoms with Crippen LogP contribution < -0.4 is 0 Å². The third-order valence-electron chi connectivity index (χ3n) is 2.83. The van der Waals surface area contributed by atoms with Crippen molar-refractivity contribution >= 4 is 11.6 Å². The van der Waals surface area contributed by atoms with Crippen LogP contribution >= 0.6 is 11.6 Å². The molecule has 0 bridgehead atoms. The molecule has 0 atom stereocenters. The monoisotopic (exact) mass is 266 g/mol. The highest BCUT2D eigenvalue weighted by molar-refractivity contribution is 6.30. The molecule has 2 aromatic carbocycles. The van der Waals surface area contributed by atoms with Crippen molar-refractivity contribution in [1.29, 1.82) is 0 Å². The van der Waals surface area contributed by atoms with Crippen LogP contribution in [-0.2, 0) is 0 Å². The minimum Gasteiger partial charge on any atom is -0.237 e. The molecular formula is C16H11ClN2. The SMILES string of the molecule is Clc1ccc(-c2ccnc(-c3ccccc3)n2)cc1. The van der Waals surface area contributed by atoms with Gasteiger partial charge >= 0.3 is 0 Å². The first-order chi connectivity index (χ1) is 9.33. The van der Waals surface area contributed by atoms with Gasteiger partial charge in [0.25, 0.3) is 0 Å². The molecule has 0 radical (unpaired) electrons. The Labute approximate surface area is 116 Å². The molecule has 3 rings (SSSR count). The lowest BCUT2D eigenvalue weighted by molar-refractivity contribution is 1.18. The van der Waals surface area contributed by atoms with Gasteiger partial charge in [-0.1, -0.05) is 54.1 Å². The fourth-order valence-corrected chi connectivity index (χ4v) is 1.99. The maximum atomic E-state index is 5.89. The van der Waals surface area contributed by atoms with Crippen LogP contribution in [0, 0.1) is 0 Å². The first-order valence-electron chi connectivity index (χ1n) is 5.97. The Morgan fingerprint density at radius 1 is 0.737 bits per heavy atom. The van der Waals surface area contributed by atoms with E-state index in [0.717, 1.165) is 27.7 Å². The molecule has 0 aliphatic carbocycles. The average molecular weight is 267 g/mol. The van der Waals surface area contributed by atoms with Crippen molar-refractivity contribution in [1.82, 2.24) is 9.97 Å². The van der Waals surface area contributed by atoms with Gasteiger partial charge in [0.1, 0.15) is 0 Å². The quantitative estimate of drug-likeness (QED) is 0.684. The molecule has 0 aliphatic heterocycles. The molecule has 0 N–H and O–H groups in total. The van der Waals surface area contributed by atoms with Gasteiger partial charge in [-0.05, 0) is 18.2 Å². The lowest BCUT2D eigenvalue weighted by Gasteiger charge is -2.04. The van der Waals surface area contributed by atoms with Gasteiger partial charge in [0.2, 0.25) is 0 Å². The lowest BCUT2D eigenvalue weighted by Crippen LogP contribution is -1.91. The van der Waals surface area contributed by atoms with E-state index < -0.39 is 0 Å². The van der Waals surface area contributed by atoms with Crippen molar-refractivity contribution in [3.05, 3.63) is 71.9 Å². The van der Waals surface area contributed by atoms with Gasteiger partial charge in [0.15, 0.2) is 5.82 Å². The summed E-state index contributed by atoms with van der Waals surface area (Å²) in [6.07, 6.45) is 1.78. The van der Waals surface area contributed by atoms with Gasteiger partial charge in [0, 0.05) is 22.3 Å². The highest BCUT2D eigenvalue weighted by atomic mass is 35.5. The summed E-state index contributed by atoms with van der Waals surface area (Å²) in [6.45, 7) is 0. The summed E-state index contributed by atoms with van der Waals surface area (Å²) >= 11 is 5.89. The van der Waals surface area contributed by atoms with Gasteiger partial charge in [-0.3, -0.25) is 0 Å². The molecule has 1 aromatic heterocycles. The fourth-order valence-electron chi connectivity index (χ4n) is 1.87. The summed E-state index contributed by atoms with van der Waals surface area (Å²) in [6, 6.07) is 19.5. The van der Waals surface area contributed by atoms with Crippen LogP contribution in [0.4, 0.5) is 0 Å². The summed E-state index contributed by atoms with van der Waals surface area (Å²) in [7, 11) is 0. The van der Waals surface area contributed by atoms with E-state index in [-0.39, 0.29) is 0 Å². The van der Waals surface area contributed by atoms with E-state index in [1.165, 1.54) is 0 Å². The minimum atomic E-state index is 0.723. The molecule has 0 spiro atoms. The van der Waals surface area contributed by atoms with E-state index in [1.54, 1.807) is 6.20 Å². The molecule has 0 saturated heterocycles. The number of hydrogen-bond donors (Lipinski definition) is 0. The zero-order valence-corrected chi connectivity index (χ0v) is 10.9. The zero-order valence-electron chi connectivity index (χ0n) is 10.1. The van der Waals surface area contributed by atoms with Crippen molar-refractivity contribution in [2.75, 3.05) is 0 Å². The van der Waals surface area contributed by atoms with Crippen LogP contribution in [-0.4, -0.2) is 9.97 Å². The van der Waals surface area contributed by atoms with Gasteiger partial charge in [0.05, 0.1) is 5.69 Å². The smallest absolute Gasteiger partial charge is 0.159 e. The Kier molecular flexibility index (Phi) is 3.25. The van der Waals surface area contributed by atoms with Crippen LogP contribution in [0.25, 0.3) is 22.6 Å². The molecule has 3 aromatic rings. The molecule has 1 heterocycles.